The number of rotatable bonds is 2. The molecular formula is C12H7NO4. The Labute approximate surface area is 96.1 Å². The minimum absolute atomic E-state index is 0.254. The SMILES string of the molecule is O=C(O)C=C=Cc1cccc2c1C(=O)NC2=O. The average Bonchev–Trinajstić information content (AvgIpc) is 2.55. The molecule has 0 spiro atoms. The van der Waals surface area contributed by atoms with Crippen molar-refractivity contribution >= 4 is 23.9 Å². The molecular weight excluding hydrogens is 222 g/mol. The van der Waals surface area contributed by atoms with E-state index in [9.17, 15) is 14.4 Å². The number of carboxylic acids is 1. The number of carbonyl (C=O) groups excluding carboxylic acids is 2. The van der Waals surface area contributed by atoms with Gasteiger partial charge in [0.1, 0.15) is 0 Å². The maximum Gasteiger partial charge on any atom is 0.336 e. The van der Waals surface area contributed by atoms with Crippen LogP contribution in [-0.2, 0) is 4.79 Å². The van der Waals surface area contributed by atoms with Crippen molar-refractivity contribution in [2.45, 2.75) is 0 Å². The molecule has 1 aromatic rings. The van der Waals surface area contributed by atoms with Gasteiger partial charge in [0, 0.05) is 0 Å². The summed E-state index contributed by atoms with van der Waals surface area (Å²) in [4.78, 5) is 33.1. The number of carbonyl (C=O) groups is 3. The molecule has 0 atom stereocenters. The zero-order valence-electron chi connectivity index (χ0n) is 8.56. The Bertz CT molecular complexity index is 595. The minimum atomic E-state index is -1.13. The smallest absolute Gasteiger partial charge is 0.336 e. The number of carboxylic acid groups (broad SMARTS) is 1. The quantitative estimate of drug-likeness (QED) is 0.447. The van der Waals surface area contributed by atoms with E-state index >= 15 is 0 Å². The third kappa shape index (κ3) is 2.00. The van der Waals surface area contributed by atoms with Gasteiger partial charge in [-0.05, 0) is 17.7 Å². The Kier molecular flexibility index (Phi) is 2.60. The first-order chi connectivity index (χ1) is 8.09. The van der Waals surface area contributed by atoms with E-state index in [2.05, 4.69) is 11.0 Å². The van der Waals surface area contributed by atoms with Gasteiger partial charge in [0.05, 0.1) is 17.2 Å². The normalized spacial score (nSPS) is 12.5. The van der Waals surface area contributed by atoms with Crippen LogP contribution in [0.3, 0.4) is 0 Å². The molecule has 0 fully saturated rings. The predicted octanol–water partition coefficient (Wildman–Crippen LogP) is 0.823. The lowest BCUT2D eigenvalue weighted by Gasteiger charge is -1.97. The fraction of sp³-hybridized carbons (Fsp3) is 0. The van der Waals surface area contributed by atoms with Gasteiger partial charge in [0.25, 0.3) is 11.8 Å². The number of nitrogens with one attached hydrogen (secondary N) is 1. The van der Waals surface area contributed by atoms with Crippen LogP contribution >= 0.6 is 0 Å². The summed E-state index contributed by atoms with van der Waals surface area (Å²) in [6, 6.07) is 4.76. The van der Waals surface area contributed by atoms with E-state index in [-0.39, 0.29) is 5.56 Å². The van der Waals surface area contributed by atoms with Gasteiger partial charge in [-0.1, -0.05) is 12.1 Å². The van der Waals surface area contributed by atoms with E-state index in [0.717, 1.165) is 6.08 Å². The summed E-state index contributed by atoms with van der Waals surface area (Å²) in [5.41, 5.74) is 3.43. The number of hydrogen-bond acceptors (Lipinski definition) is 3. The lowest BCUT2D eigenvalue weighted by atomic mass is 10.0. The van der Waals surface area contributed by atoms with Crippen LogP contribution < -0.4 is 5.32 Å². The van der Waals surface area contributed by atoms with E-state index < -0.39 is 17.8 Å². The highest BCUT2D eigenvalue weighted by molar-refractivity contribution is 6.22. The van der Waals surface area contributed by atoms with Crippen molar-refractivity contribution < 1.29 is 19.5 Å². The lowest BCUT2D eigenvalue weighted by Crippen LogP contribution is -2.20. The van der Waals surface area contributed by atoms with Crippen molar-refractivity contribution in [3.63, 3.8) is 0 Å². The summed E-state index contributed by atoms with van der Waals surface area (Å²) >= 11 is 0. The highest BCUT2D eigenvalue weighted by Gasteiger charge is 2.28. The van der Waals surface area contributed by atoms with Crippen LogP contribution in [-0.4, -0.2) is 22.9 Å². The first-order valence-electron chi connectivity index (χ1n) is 4.73. The highest BCUT2D eigenvalue weighted by atomic mass is 16.4. The molecule has 2 N–H and O–H groups in total. The van der Waals surface area contributed by atoms with E-state index in [1.165, 1.54) is 12.1 Å². The standard InChI is InChI=1S/C12H7NO4/c14-9(15)6-2-4-7-3-1-5-8-10(7)12(17)13-11(8)16/h1,3-6H,(H,14,15)(H,13,16,17). The van der Waals surface area contributed by atoms with Crippen molar-refractivity contribution in [2.75, 3.05) is 0 Å². The predicted molar refractivity (Wildman–Crippen MR) is 58.4 cm³/mol. The fourth-order valence-electron chi connectivity index (χ4n) is 1.57. The van der Waals surface area contributed by atoms with Crippen LogP contribution in [0.4, 0.5) is 0 Å². The topological polar surface area (TPSA) is 83.5 Å². The molecule has 0 aliphatic carbocycles. The van der Waals surface area contributed by atoms with Gasteiger partial charge in [-0.2, -0.15) is 0 Å². The molecule has 5 heteroatoms. The van der Waals surface area contributed by atoms with Crippen LogP contribution in [0.25, 0.3) is 6.08 Å². The Balaban J connectivity index is 2.51. The second-order valence-corrected chi connectivity index (χ2v) is 3.35. The van der Waals surface area contributed by atoms with E-state index in [1.807, 2.05) is 0 Å². The Morgan fingerprint density at radius 1 is 1.29 bits per heavy atom. The molecule has 2 amide bonds. The molecule has 17 heavy (non-hydrogen) atoms. The number of amides is 2. The number of benzene rings is 1. The monoisotopic (exact) mass is 229 g/mol. The van der Waals surface area contributed by atoms with Crippen LogP contribution in [0.5, 0.6) is 0 Å². The molecule has 0 aromatic heterocycles. The molecule has 0 saturated heterocycles. The van der Waals surface area contributed by atoms with Crippen molar-refractivity contribution in [1.29, 1.82) is 0 Å². The molecule has 0 saturated carbocycles. The minimum Gasteiger partial charge on any atom is -0.478 e. The third-order valence-corrected chi connectivity index (χ3v) is 2.24. The molecule has 0 radical (unpaired) electrons. The zero-order chi connectivity index (χ0) is 12.4. The summed E-state index contributed by atoms with van der Waals surface area (Å²) in [5.74, 6) is -2.05. The van der Waals surface area contributed by atoms with Gasteiger partial charge in [0.15, 0.2) is 0 Å². The maximum absolute atomic E-state index is 11.5. The first-order valence-corrected chi connectivity index (χ1v) is 4.73. The van der Waals surface area contributed by atoms with Crippen LogP contribution in [0.2, 0.25) is 0 Å². The van der Waals surface area contributed by atoms with Crippen molar-refractivity contribution in [3.8, 4) is 0 Å². The first kappa shape index (κ1) is 10.9. The largest absolute Gasteiger partial charge is 0.478 e. The Morgan fingerprint density at radius 3 is 2.76 bits per heavy atom. The second kappa shape index (κ2) is 4.08. The van der Waals surface area contributed by atoms with Gasteiger partial charge in [-0.3, -0.25) is 14.9 Å². The van der Waals surface area contributed by atoms with E-state index in [4.69, 9.17) is 5.11 Å². The number of fused-ring (bicyclic) bond motifs is 1. The molecule has 1 heterocycles. The van der Waals surface area contributed by atoms with Crippen molar-refractivity contribution in [1.82, 2.24) is 5.32 Å². The van der Waals surface area contributed by atoms with Gasteiger partial charge >= 0.3 is 5.97 Å². The van der Waals surface area contributed by atoms with Gasteiger partial charge in [-0.15, -0.1) is 5.73 Å². The third-order valence-electron chi connectivity index (χ3n) is 2.24. The Hall–Kier alpha value is -2.65. The van der Waals surface area contributed by atoms with Crippen molar-refractivity contribution in [3.05, 3.63) is 46.7 Å². The summed E-state index contributed by atoms with van der Waals surface area (Å²) in [6.07, 6.45) is 2.18. The van der Waals surface area contributed by atoms with Gasteiger partial charge in [-0.25, -0.2) is 4.79 Å². The summed E-state index contributed by atoms with van der Waals surface area (Å²) < 4.78 is 0. The van der Waals surface area contributed by atoms with Gasteiger partial charge in [0.2, 0.25) is 0 Å². The van der Waals surface area contributed by atoms with E-state index in [0.29, 0.717) is 11.1 Å². The average molecular weight is 229 g/mol. The molecule has 5 nitrogen and oxygen atoms in total. The zero-order valence-corrected chi connectivity index (χ0v) is 8.56. The number of imide groups is 1. The van der Waals surface area contributed by atoms with E-state index in [1.54, 1.807) is 12.1 Å². The maximum atomic E-state index is 11.5. The molecule has 1 aliphatic heterocycles. The Morgan fingerprint density at radius 2 is 2.06 bits per heavy atom. The van der Waals surface area contributed by atoms with Crippen molar-refractivity contribution in [2.24, 2.45) is 0 Å². The second-order valence-electron chi connectivity index (χ2n) is 3.35. The van der Waals surface area contributed by atoms with Crippen LogP contribution in [0.1, 0.15) is 26.3 Å². The summed E-state index contributed by atoms with van der Waals surface area (Å²) in [5, 5.41) is 10.6. The molecule has 2 rings (SSSR count). The summed E-state index contributed by atoms with van der Waals surface area (Å²) in [7, 11) is 0. The molecule has 84 valence electrons. The van der Waals surface area contributed by atoms with Gasteiger partial charge < -0.3 is 5.11 Å². The molecule has 1 aromatic carbocycles. The number of aliphatic carboxylic acids is 1. The number of hydrogen-bond donors (Lipinski definition) is 2. The lowest BCUT2D eigenvalue weighted by molar-refractivity contribution is -0.131. The fourth-order valence-corrected chi connectivity index (χ4v) is 1.57. The summed E-state index contributed by atoms with van der Waals surface area (Å²) in [6.45, 7) is 0. The van der Waals surface area contributed by atoms with Crippen LogP contribution in [0.15, 0.2) is 30.0 Å². The molecule has 0 bridgehead atoms. The molecule has 0 unspecified atom stereocenters. The highest BCUT2D eigenvalue weighted by Crippen LogP contribution is 2.20. The van der Waals surface area contributed by atoms with Crippen LogP contribution in [0, 0.1) is 0 Å². The molecule has 1 aliphatic rings.